The van der Waals surface area contributed by atoms with E-state index in [-0.39, 0.29) is 12.6 Å². The number of alkyl carbamates (subject to hydrolysis) is 1. The zero-order valence-electron chi connectivity index (χ0n) is 23.2. The topological polar surface area (TPSA) is 138 Å². The Hall–Kier alpha value is -4.38. The number of anilines is 1. The van der Waals surface area contributed by atoms with Crippen LogP contribution in [0.3, 0.4) is 0 Å². The number of nitrogens with one attached hydrogen (secondary N) is 2. The number of para-hydroxylation sites is 1. The number of carbonyl (C=O) groups is 4. The van der Waals surface area contributed by atoms with Crippen LogP contribution in [0.25, 0.3) is 0 Å². The fourth-order valence-electron chi connectivity index (χ4n) is 4.28. The van der Waals surface area contributed by atoms with E-state index in [4.69, 9.17) is 14.6 Å². The van der Waals surface area contributed by atoms with Crippen LogP contribution in [0.2, 0.25) is 0 Å². The molecule has 0 bridgehead atoms. The fraction of sp³-hybridized carbons (Fsp3) is 0.400. The molecule has 3 rings (SSSR count). The van der Waals surface area contributed by atoms with Crippen LogP contribution in [0, 0.1) is 0 Å². The lowest BCUT2D eigenvalue weighted by Crippen LogP contribution is -2.56. The Morgan fingerprint density at radius 1 is 1.02 bits per heavy atom. The third-order valence-corrected chi connectivity index (χ3v) is 6.51. The van der Waals surface area contributed by atoms with Gasteiger partial charge in [0, 0.05) is 37.4 Å². The number of nitrogens with zero attached hydrogens (tertiary/aromatic N) is 2. The van der Waals surface area contributed by atoms with Gasteiger partial charge in [0.15, 0.2) is 0 Å². The quantitative estimate of drug-likeness (QED) is 0.249. The highest BCUT2D eigenvalue weighted by molar-refractivity contribution is 5.99. The zero-order valence-corrected chi connectivity index (χ0v) is 23.2. The highest BCUT2D eigenvalue weighted by Crippen LogP contribution is 2.20. The first-order valence-electron chi connectivity index (χ1n) is 13.7. The molecule has 2 aromatic carbocycles. The largest absolute Gasteiger partial charge is 0.478 e. The molecule has 1 saturated heterocycles. The predicted molar refractivity (Wildman–Crippen MR) is 153 cm³/mol. The summed E-state index contributed by atoms with van der Waals surface area (Å²) in [5, 5.41) is 14.7. The van der Waals surface area contributed by atoms with Crippen LogP contribution in [0.15, 0.2) is 72.8 Å². The van der Waals surface area contributed by atoms with Crippen molar-refractivity contribution in [2.24, 2.45) is 0 Å². The summed E-state index contributed by atoms with van der Waals surface area (Å²) in [6.07, 6.45) is 3.51. The van der Waals surface area contributed by atoms with Crippen LogP contribution >= 0.6 is 0 Å². The normalized spacial score (nSPS) is 14.6. The first kappa shape index (κ1) is 31.2. The summed E-state index contributed by atoms with van der Waals surface area (Å²) in [6, 6.07) is 16.6. The Morgan fingerprint density at radius 2 is 1.68 bits per heavy atom. The van der Waals surface area contributed by atoms with Gasteiger partial charge in [0.05, 0.1) is 13.2 Å². The summed E-state index contributed by atoms with van der Waals surface area (Å²) in [6.45, 7) is 3.88. The molecule has 1 aliphatic rings. The molecule has 0 aliphatic carbocycles. The van der Waals surface area contributed by atoms with E-state index in [1.807, 2.05) is 36.4 Å². The number of carboxylic acid groups (broad SMARTS) is 1. The number of hydrogen-bond acceptors (Lipinski definition) is 6. The minimum absolute atomic E-state index is 0.174. The van der Waals surface area contributed by atoms with Crippen molar-refractivity contribution in [1.82, 2.24) is 15.5 Å². The van der Waals surface area contributed by atoms with E-state index < -0.39 is 30.1 Å². The molecule has 1 unspecified atom stereocenters. The Kier molecular flexibility index (Phi) is 12.7. The van der Waals surface area contributed by atoms with Crippen molar-refractivity contribution in [3.05, 3.63) is 78.4 Å². The van der Waals surface area contributed by atoms with E-state index in [1.165, 1.54) is 11.0 Å². The Bertz CT molecular complexity index is 1150. The standard InChI is InChI=1S/C30H38N4O7/c1-23(34(26-13-6-3-7-14-26)30(39)33-18-20-40-21-19-33)28(37)32-25(15-16-27(35)36)12-8-9-17-31-29(38)41-22-24-10-4-2-5-11-24/h2-7,10-11,13-16,23,25H,8-9,12,17-22H2,1H3,(H,31,38)(H,32,37)(H,35,36)/t23-,25?/m0/s1. The molecule has 0 spiro atoms. The number of unbranched alkanes of at least 4 members (excludes halogenated alkanes) is 1. The molecule has 2 aromatic rings. The minimum Gasteiger partial charge on any atom is -0.478 e. The Balaban J connectivity index is 1.54. The number of amides is 4. The van der Waals surface area contributed by atoms with Gasteiger partial charge in [0.2, 0.25) is 5.91 Å². The SMILES string of the molecule is C[C@@H](C(=O)NC(C=CC(=O)O)CCCCNC(=O)OCc1ccccc1)N(C(=O)N1CCOCC1)c1ccccc1. The number of urea groups is 1. The van der Waals surface area contributed by atoms with Crippen molar-refractivity contribution >= 4 is 29.7 Å². The lowest BCUT2D eigenvalue weighted by atomic mass is 10.1. The van der Waals surface area contributed by atoms with Crippen molar-refractivity contribution in [2.75, 3.05) is 37.7 Å². The van der Waals surface area contributed by atoms with E-state index in [0.717, 1.165) is 11.6 Å². The van der Waals surface area contributed by atoms with E-state index in [1.54, 1.807) is 36.1 Å². The molecule has 41 heavy (non-hydrogen) atoms. The van der Waals surface area contributed by atoms with Crippen molar-refractivity contribution < 1.29 is 33.8 Å². The van der Waals surface area contributed by atoms with Gasteiger partial charge < -0.3 is 30.1 Å². The third-order valence-electron chi connectivity index (χ3n) is 6.51. The molecule has 11 heteroatoms. The Morgan fingerprint density at radius 3 is 2.34 bits per heavy atom. The summed E-state index contributed by atoms with van der Waals surface area (Å²) >= 11 is 0. The fourth-order valence-corrected chi connectivity index (χ4v) is 4.28. The maximum absolute atomic E-state index is 13.5. The summed E-state index contributed by atoms with van der Waals surface area (Å²) in [4.78, 5) is 53.0. The van der Waals surface area contributed by atoms with Crippen LogP contribution in [-0.4, -0.2) is 78.9 Å². The van der Waals surface area contributed by atoms with Gasteiger partial charge in [-0.1, -0.05) is 54.6 Å². The van der Waals surface area contributed by atoms with Crippen LogP contribution in [-0.2, 0) is 25.7 Å². The van der Waals surface area contributed by atoms with E-state index in [9.17, 15) is 19.2 Å². The summed E-state index contributed by atoms with van der Waals surface area (Å²) in [5.74, 6) is -1.55. The zero-order chi connectivity index (χ0) is 29.5. The van der Waals surface area contributed by atoms with Crippen LogP contribution in [0.5, 0.6) is 0 Å². The van der Waals surface area contributed by atoms with Crippen molar-refractivity contribution in [3.8, 4) is 0 Å². The average Bonchev–Trinajstić information content (AvgIpc) is 2.99. The average molecular weight is 567 g/mol. The Labute approximate surface area is 240 Å². The third kappa shape index (κ3) is 10.6. The minimum atomic E-state index is -1.13. The summed E-state index contributed by atoms with van der Waals surface area (Å²) in [7, 11) is 0. The second-order valence-corrected chi connectivity index (χ2v) is 9.56. The predicted octanol–water partition coefficient (Wildman–Crippen LogP) is 3.56. The van der Waals surface area contributed by atoms with E-state index in [0.29, 0.717) is 57.8 Å². The molecule has 1 heterocycles. The smallest absolute Gasteiger partial charge is 0.407 e. The van der Waals surface area contributed by atoms with Gasteiger partial charge in [-0.15, -0.1) is 0 Å². The molecule has 1 fully saturated rings. The van der Waals surface area contributed by atoms with Gasteiger partial charge in [0.1, 0.15) is 12.6 Å². The second-order valence-electron chi connectivity index (χ2n) is 9.56. The molecule has 0 radical (unpaired) electrons. The molecule has 1 aliphatic heterocycles. The van der Waals surface area contributed by atoms with Gasteiger partial charge >= 0.3 is 18.1 Å². The van der Waals surface area contributed by atoms with E-state index >= 15 is 0 Å². The number of carboxylic acids is 1. The first-order chi connectivity index (χ1) is 19.8. The molecular weight excluding hydrogens is 528 g/mol. The molecular formula is C30H38N4O7. The van der Waals surface area contributed by atoms with Crippen molar-refractivity contribution in [3.63, 3.8) is 0 Å². The van der Waals surface area contributed by atoms with E-state index in [2.05, 4.69) is 10.6 Å². The lowest BCUT2D eigenvalue weighted by molar-refractivity contribution is -0.131. The maximum atomic E-state index is 13.5. The molecule has 220 valence electrons. The number of carbonyl (C=O) groups excluding carboxylic acids is 3. The number of hydrogen-bond donors (Lipinski definition) is 3. The number of ether oxygens (including phenoxy) is 2. The highest BCUT2D eigenvalue weighted by atomic mass is 16.5. The lowest BCUT2D eigenvalue weighted by Gasteiger charge is -2.36. The number of benzene rings is 2. The molecule has 0 aromatic heterocycles. The van der Waals surface area contributed by atoms with Gasteiger partial charge in [-0.3, -0.25) is 9.69 Å². The first-order valence-corrected chi connectivity index (χ1v) is 13.7. The van der Waals surface area contributed by atoms with Gasteiger partial charge in [0.25, 0.3) is 0 Å². The molecule has 4 amide bonds. The maximum Gasteiger partial charge on any atom is 0.407 e. The monoisotopic (exact) mass is 566 g/mol. The molecule has 3 N–H and O–H groups in total. The molecule has 11 nitrogen and oxygen atoms in total. The van der Waals surface area contributed by atoms with Gasteiger partial charge in [-0.05, 0) is 43.9 Å². The molecule has 2 atom stereocenters. The molecule has 0 saturated carbocycles. The van der Waals surface area contributed by atoms with Crippen molar-refractivity contribution in [1.29, 1.82) is 0 Å². The second kappa shape index (κ2) is 16.7. The number of rotatable bonds is 13. The number of aliphatic carboxylic acids is 1. The van der Waals surface area contributed by atoms with Gasteiger partial charge in [-0.25, -0.2) is 14.4 Å². The van der Waals surface area contributed by atoms with Crippen LogP contribution in [0.1, 0.15) is 31.7 Å². The highest BCUT2D eigenvalue weighted by Gasteiger charge is 2.32. The van der Waals surface area contributed by atoms with Gasteiger partial charge in [-0.2, -0.15) is 0 Å². The van der Waals surface area contributed by atoms with Crippen molar-refractivity contribution in [2.45, 2.75) is 44.9 Å². The number of morpholine rings is 1. The van der Waals surface area contributed by atoms with Crippen LogP contribution < -0.4 is 15.5 Å². The van der Waals surface area contributed by atoms with Crippen LogP contribution in [0.4, 0.5) is 15.3 Å². The summed E-state index contributed by atoms with van der Waals surface area (Å²) < 4.78 is 10.6. The summed E-state index contributed by atoms with van der Waals surface area (Å²) in [5.41, 5.74) is 1.47.